The number of carboxylic acids is 2. The predicted molar refractivity (Wildman–Crippen MR) is 259 cm³/mol. The van der Waals surface area contributed by atoms with E-state index in [-0.39, 0.29) is 36.4 Å². The van der Waals surface area contributed by atoms with Crippen LogP contribution in [0.5, 0.6) is 0 Å². The number of unbranched alkanes of at least 4 members (excludes halogenated alkanes) is 24. The molecule has 13 heteroatoms. The molecule has 1 unspecified atom stereocenters. The lowest BCUT2D eigenvalue weighted by Crippen LogP contribution is -2.41. The molecule has 64 heavy (non-hydrogen) atoms. The molecule has 2 amide bonds. The first kappa shape index (κ1) is 58.4. The van der Waals surface area contributed by atoms with Gasteiger partial charge in [-0.1, -0.05) is 175 Å². The summed E-state index contributed by atoms with van der Waals surface area (Å²) in [7, 11) is 0. The zero-order chi connectivity index (χ0) is 47.0. The van der Waals surface area contributed by atoms with E-state index in [0.717, 1.165) is 38.5 Å². The number of thioether (sulfide) groups is 1. The third-order valence-electron chi connectivity index (χ3n) is 11.5. The van der Waals surface area contributed by atoms with Crippen molar-refractivity contribution in [1.82, 2.24) is 5.32 Å². The van der Waals surface area contributed by atoms with Crippen molar-refractivity contribution in [2.24, 2.45) is 5.92 Å². The summed E-state index contributed by atoms with van der Waals surface area (Å²) in [4.78, 5) is 73.5. The van der Waals surface area contributed by atoms with Gasteiger partial charge in [0.25, 0.3) is 5.91 Å². The zero-order valence-electron chi connectivity index (χ0n) is 39.9. The van der Waals surface area contributed by atoms with E-state index in [1.807, 2.05) is 0 Å². The van der Waals surface area contributed by atoms with E-state index in [1.54, 1.807) is 6.92 Å². The van der Waals surface area contributed by atoms with E-state index in [2.05, 4.69) is 24.5 Å². The van der Waals surface area contributed by atoms with Crippen LogP contribution < -0.4 is 10.6 Å². The Morgan fingerprint density at radius 2 is 1.02 bits per heavy atom. The van der Waals surface area contributed by atoms with E-state index in [0.29, 0.717) is 30.0 Å². The number of ether oxygens (including phenoxy) is 2. The molecule has 4 N–H and O–H groups in total. The van der Waals surface area contributed by atoms with Crippen molar-refractivity contribution >= 4 is 53.1 Å². The molecule has 366 valence electrons. The van der Waals surface area contributed by atoms with Gasteiger partial charge < -0.3 is 30.3 Å². The van der Waals surface area contributed by atoms with E-state index in [1.165, 1.54) is 164 Å². The van der Waals surface area contributed by atoms with Crippen LogP contribution in [0.25, 0.3) is 0 Å². The van der Waals surface area contributed by atoms with Gasteiger partial charge in [0.1, 0.15) is 18.8 Å². The summed E-state index contributed by atoms with van der Waals surface area (Å²) in [6.07, 6.45) is 31.1. The average molecular weight is 919 g/mol. The highest BCUT2D eigenvalue weighted by Crippen LogP contribution is 2.19. The van der Waals surface area contributed by atoms with Crippen LogP contribution in [0.3, 0.4) is 0 Å². The summed E-state index contributed by atoms with van der Waals surface area (Å²) in [6, 6.07) is 4.58. The summed E-state index contributed by atoms with van der Waals surface area (Å²) < 4.78 is 11.4. The molecule has 0 heterocycles. The molecule has 0 fully saturated rings. The minimum atomic E-state index is -1.35. The van der Waals surface area contributed by atoms with Gasteiger partial charge in [-0.05, 0) is 43.5 Å². The summed E-state index contributed by atoms with van der Waals surface area (Å²) in [5, 5.41) is 23.4. The summed E-state index contributed by atoms with van der Waals surface area (Å²) in [5.74, 6) is -3.68. The van der Waals surface area contributed by atoms with Gasteiger partial charge in [-0.25, -0.2) is 4.79 Å². The molecule has 0 spiro atoms. The van der Waals surface area contributed by atoms with Gasteiger partial charge in [-0.3, -0.25) is 24.0 Å². The van der Waals surface area contributed by atoms with Crippen molar-refractivity contribution in [2.45, 2.75) is 226 Å². The van der Waals surface area contributed by atoms with Crippen molar-refractivity contribution in [3.63, 3.8) is 0 Å². The molecule has 0 saturated carbocycles. The number of carbonyl (C=O) groups excluding carboxylic acids is 4. The molecule has 1 aromatic carbocycles. The fourth-order valence-electron chi connectivity index (χ4n) is 7.38. The van der Waals surface area contributed by atoms with Gasteiger partial charge in [-0.2, -0.15) is 11.8 Å². The first-order valence-electron chi connectivity index (χ1n) is 25.1. The van der Waals surface area contributed by atoms with Gasteiger partial charge >= 0.3 is 23.9 Å². The van der Waals surface area contributed by atoms with Gasteiger partial charge in [0.05, 0.1) is 0 Å². The molecule has 12 nitrogen and oxygen atoms in total. The molecule has 0 aromatic heterocycles. The first-order chi connectivity index (χ1) is 31.0. The molecule has 0 aliphatic rings. The maximum absolute atomic E-state index is 13.0. The lowest BCUT2D eigenvalue weighted by molar-refractivity contribution is -0.157. The first-order valence-corrected chi connectivity index (χ1v) is 26.2. The number of amides is 2. The van der Waals surface area contributed by atoms with Crippen LogP contribution in [0.2, 0.25) is 0 Å². The Hall–Kier alpha value is -3.61. The average Bonchev–Trinajstić information content (AvgIpc) is 3.27. The minimum absolute atomic E-state index is 0.0259. The molecule has 1 rings (SSSR count). The number of esters is 2. The highest BCUT2D eigenvalue weighted by molar-refractivity contribution is 7.99. The van der Waals surface area contributed by atoms with E-state index in [9.17, 15) is 33.9 Å². The number of rotatable bonds is 43. The normalized spacial score (nSPS) is 12.5. The maximum Gasteiger partial charge on any atom is 0.326 e. The molecular weight excluding hydrogens is 833 g/mol. The van der Waals surface area contributed by atoms with Crippen molar-refractivity contribution < 1.29 is 48.5 Å². The molecule has 1 aromatic rings. The van der Waals surface area contributed by atoms with Gasteiger partial charge in [0, 0.05) is 47.9 Å². The summed E-state index contributed by atoms with van der Waals surface area (Å²) in [5.41, 5.74) is 0.595. The fraction of sp³-hybridized carbons (Fsp3) is 0.765. The smallest absolute Gasteiger partial charge is 0.326 e. The van der Waals surface area contributed by atoms with Crippen molar-refractivity contribution in [1.29, 1.82) is 0 Å². The Balaban J connectivity index is 2.54. The van der Waals surface area contributed by atoms with Gasteiger partial charge in [-0.15, -0.1) is 0 Å². The third-order valence-corrected chi connectivity index (χ3v) is 12.8. The van der Waals surface area contributed by atoms with Crippen LogP contribution in [0, 0.1) is 5.92 Å². The van der Waals surface area contributed by atoms with Crippen LogP contribution in [-0.2, 0) is 33.4 Å². The van der Waals surface area contributed by atoms with Crippen LogP contribution in [0.1, 0.15) is 224 Å². The molecule has 0 aliphatic carbocycles. The van der Waals surface area contributed by atoms with Gasteiger partial charge in [0.2, 0.25) is 5.91 Å². The molecule has 3 atom stereocenters. The van der Waals surface area contributed by atoms with Crippen LogP contribution in [0.15, 0.2) is 24.3 Å². The summed E-state index contributed by atoms with van der Waals surface area (Å²) >= 11 is 1.44. The topological polar surface area (TPSA) is 185 Å². The maximum atomic E-state index is 13.0. The predicted octanol–water partition coefficient (Wildman–Crippen LogP) is 12.5. The monoisotopic (exact) mass is 919 g/mol. The highest BCUT2D eigenvalue weighted by atomic mass is 32.2. The zero-order valence-corrected chi connectivity index (χ0v) is 40.8. The Kier molecular flexibility index (Phi) is 36.3. The lowest BCUT2D eigenvalue weighted by atomic mass is 10.0. The number of carbonyl (C=O) groups is 6. The van der Waals surface area contributed by atoms with E-state index >= 15 is 0 Å². The second kappa shape index (κ2) is 39.7. The number of hydrogen-bond acceptors (Lipinski definition) is 9. The van der Waals surface area contributed by atoms with Crippen LogP contribution in [-0.4, -0.2) is 76.2 Å². The van der Waals surface area contributed by atoms with Gasteiger partial charge in [0.15, 0.2) is 0 Å². The quantitative estimate of drug-likeness (QED) is 0.0361. The number of aliphatic carboxylic acids is 2. The number of benzene rings is 1. The molecule has 0 aliphatic heterocycles. The van der Waals surface area contributed by atoms with Crippen molar-refractivity contribution in [2.75, 3.05) is 23.4 Å². The number of anilines is 1. The van der Waals surface area contributed by atoms with E-state index in [4.69, 9.17) is 14.6 Å². The molecular formula is C51H86N2O10S. The van der Waals surface area contributed by atoms with E-state index < -0.39 is 42.3 Å². The number of nitrogens with one attached hydrogen (secondary N) is 2. The molecule has 0 radical (unpaired) electrons. The minimum Gasteiger partial charge on any atom is -0.481 e. The number of carboxylic acid groups (broad SMARTS) is 2. The number of hydrogen-bond donors (Lipinski definition) is 4. The second-order valence-corrected chi connectivity index (χ2v) is 18.7. The lowest BCUT2D eigenvalue weighted by Gasteiger charge is -2.19. The third kappa shape index (κ3) is 33.0. The Labute approximate surface area is 390 Å². The Morgan fingerprint density at radius 1 is 0.578 bits per heavy atom. The molecule has 0 saturated heterocycles. The Morgan fingerprint density at radius 3 is 1.45 bits per heavy atom. The van der Waals surface area contributed by atoms with Crippen molar-refractivity contribution in [3.8, 4) is 0 Å². The van der Waals surface area contributed by atoms with Crippen LogP contribution in [0.4, 0.5) is 5.69 Å². The Bertz CT molecular complexity index is 1410. The largest absolute Gasteiger partial charge is 0.481 e. The van der Waals surface area contributed by atoms with Crippen molar-refractivity contribution in [3.05, 3.63) is 29.8 Å². The highest BCUT2D eigenvalue weighted by Gasteiger charge is 2.23. The summed E-state index contributed by atoms with van der Waals surface area (Å²) in [6.45, 7) is 6.24. The van der Waals surface area contributed by atoms with Crippen LogP contribution >= 0.6 is 11.8 Å². The molecule has 0 bridgehead atoms. The second-order valence-electron chi connectivity index (χ2n) is 17.6. The fourth-order valence-corrected chi connectivity index (χ4v) is 8.45. The SMILES string of the molecule is CCCCCCCCCCCCCCCC(=O)OC[C@H](CSC[C@H](C)C(=O)Nc1ccc(C(=O)NC(CCC(=O)O)C(=O)O)cc1)OC(=O)CCCCCCCCCCCCCCC. The standard InChI is InChI=1S/C51H86N2O10S/c1-4-6-8-10-12-14-16-18-20-22-24-26-28-30-47(56)62-38-44(63-48(57)31-29-27-25-23-21-19-17-15-13-11-9-7-5-2)40-64-39-41(3)49(58)52-43-34-32-42(33-35-43)50(59)53-45(51(60)61)36-37-46(54)55/h32-35,41,44-45H,4-31,36-40H2,1-3H3,(H,52,58)(H,53,59)(H,54,55)(H,60,61)/t41-,44+,45?/m0/s1.